The van der Waals surface area contributed by atoms with Gasteiger partial charge in [0.2, 0.25) is 27.7 Å². The minimum absolute atomic E-state index is 0.126. The van der Waals surface area contributed by atoms with E-state index in [1.807, 2.05) is 24.3 Å². The Morgan fingerprint density at radius 2 is 1.96 bits per heavy atom. The lowest BCUT2D eigenvalue weighted by Gasteiger charge is -2.28. The van der Waals surface area contributed by atoms with Gasteiger partial charge in [0, 0.05) is 35.7 Å². The molecule has 12 nitrogen and oxygen atoms in total. The molecule has 1 aromatic heterocycles. The normalized spacial score (nSPS) is 30.7. The van der Waals surface area contributed by atoms with Crippen molar-refractivity contribution in [2.45, 2.75) is 94.1 Å². The number of benzene rings is 1. The Balaban J connectivity index is 1.17. The Kier molecular flexibility index (Phi) is 9.19. The van der Waals surface area contributed by atoms with Gasteiger partial charge in [-0.25, -0.2) is 17.8 Å². The molecule has 0 bridgehead atoms. The largest absolute Gasteiger partial charge is 0.486 e. The van der Waals surface area contributed by atoms with Gasteiger partial charge in [-0.2, -0.15) is 0 Å². The van der Waals surface area contributed by atoms with Crippen molar-refractivity contribution >= 4 is 38.5 Å². The van der Waals surface area contributed by atoms with Crippen LogP contribution < -0.4 is 24.2 Å². The minimum atomic E-state index is -4.31. The number of carbonyl (C=O) groups excluding carboxylic acids is 3. The molecule has 1 aromatic carbocycles. The molecule has 4 heterocycles. The standard InChI is InChI=1S/C36H45FN4O8S/c1-3-23-16-22(2)6-4-5-7-24-19-36(24,34(44)40-50(45,46)35(21-37)11-12-35)39-32(43)28-18-25(20-41(28)30(42)17-23)49-33-27-8-9-29-31(48-15-14-47-29)26(27)10-13-38-33/h5,7-10,13,22-25,28H,3-4,6,11-12,14-21H2,1-2H3,(H,39,43)(H,40,44). The number of sulfonamides is 1. The highest BCUT2D eigenvalue weighted by molar-refractivity contribution is 7.91. The zero-order valence-corrected chi connectivity index (χ0v) is 29.3. The molecule has 1 saturated heterocycles. The van der Waals surface area contributed by atoms with Crippen LogP contribution in [0.4, 0.5) is 4.39 Å². The highest BCUT2D eigenvalue weighted by Crippen LogP contribution is 2.48. The van der Waals surface area contributed by atoms with E-state index in [0.29, 0.717) is 41.9 Å². The summed E-state index contributed by atoms with van der Waals surface area (Å²) in [5.74, 6) is -0.0546. The molecule has 7 rings (SSSR count). The molecule has 6 unspecified atom stereocenters. The number of rotatable bonds is 7. The first-order valence-corrected chi connectivity index (χ1v) is 19.2. The summed E-state index contributed by atoms with van der Waals surface area (Å²) in [7, 11) is -4.31. The Labute approximate surface area is 291 Å². The third-order valence-corrected chi connectivity index (χ3v) is 13.3. The minimum Gasteiger partial charge on any atom is -0.486 e. The molecule has 50 heavy (non-hydrogen) atoms. The number of hydrogen-bond acceptors (Lipinski definition) is 9. The molecular weight excluding hydrogens is 667 g/mol. The number of hydrogen-bond donors (Lipinski definition) is 2. The Morgan fingerprint density at radius 1 is 1.16 bits per heavy atom. The van der Waals surface area contributed by atoms with Crippen LogP contribution in [-0.2, 0) is 24.4 Å². The van der Waals surface area contributed by atoms with Crippen molar-refractivity contribution in [3.63, 3.8) is 0 Å². The van der Waals surface area contributed by atoms with E-state index >= 15 is 0 Å². The van der Waals surface area contributed by atoms with E-state index in [1.54, 1.807) is 12.3 Å². The van der Waals surface area contributed by atoms with Gasteiger partial charge in [0.25, 0.3) is 5.91 Å². The molecular formula is C36H45FN4O8S. The number of aromatic nitrogens is 1. The third-order valence-electron chi connectivity index (χ3n) is 11.2. The molecule has 2 saturated carbocycles. The number of nitrogens with zero attached hydrogens (tertiary/aromatic N) is 2. The second-order valence-corrected chi connectivity index (χ2v) is 16.8. The van der Waals surface area contributed by atoms with Crippen molar-refractivity contribution in [1.82, 2.24) is 19.9 Å². The van der Waals surface area contributed by atoms with E-state index in [0.717, 1.165) is 31.1 Å². The number of amides is 3. The number of pyridine rings is 1. The van der Waals surface area contributed by atoms with Crippen LogP contribution in [0.2, 0.25) is 0 Å². The van der Waals surface area contributed by atoms with Crippen LogP contribution in [0, 0.1) is 17.8 Å². The molecule has 2 aromatic rings. The summed E-state index contributed by atoms with van der Waals surface area (Å²) >= 11 is 0. The van der Waals surface area contributed by atoms with Gasteiger partial charge in [-0.1, -0.05) is 32.4 Å². The molecule has 3 amide bonds. The van der Waals surface area contributed by atoms with Crippen molar-refractivity contribution < 1.29 is 41.4 Å². The first-order valence-electron chi connectivity index (χ1n) is 17.7. The number of ether oxygens (including phenoxy) is 3. The molecule has 0 spiro atoms. The van der Waals surface area contributed by atoms with Crippen molar-refractivity contribution in [1.29, 1.82) is 0 Å². The molecule has 14 heteroatoms. The average molecular weight is 713 g/mol. The number of alkyl halides is 1. The topological polar surface area (TPSA) is 153 Å². The number of carbonyl (C=O) groups is 3. The summed E-state index contributed by atoms with van der Waals surface area (Å²) in [6, 6.07) is 4.49. The van der Waals surface area contributed by atoms with Gasteiger partial charge in [-0.3, -0.25) is 19.1 Å². The highest BCUT2D eigenvalue weighted by atomic mass is 32.2. The van der Waals surface area contributed by atoms with E-state index in [1.165, 1.54) is 4.90 Å². The molecule has 3 fully saturated rings. The SMILES string of the molecule is CCC1CC(=O)N2CC(Oc3nccc4c5c(ccc34)OCCO5)CC2C(=O)NC2(C(=O)NS(=O)(=O)C3(CF)CC3)CC2C=CCCC(C)C1. The molecule has 2 aliphatic carbocycles. The molecule has 270 valence electrons. The quantitative estimate of drug-likeness (QED) is 0.406. The summed E-state index contributed by atoms with van der Waals surface area (Å²) in [4.78, 5) is 48.0. The molecule has 5 aliphatic rings. The first kappa shape index (κ1) is 34.5. The molecule has 3 aliphatic heterocycles. The van der Waals surface area contributed by atoms with Gasteiger partial charge < -0.3 is 24.4 Å². The van der Waals surface area contributed by atoms with Gasteiger partial charge in [0.05, 0.1) is 6.54 Å². The predicted molar refractivity (Wildman–Crippen MR) is 182 cm³/mol. The van der Waals surface area contributed by atoms with Crippen LogP contribution in [0.1, 0.15) is 71.6 Å². The number of nitrogens with one attached hydrogen (secondary N) is 2. The zero-order chi connectivity index (χ0) is 35.3. The van der Waals surface area contributed by atoms with Crippen LogP contribution in [0.25, 0.3) is 10.8 Å². The summed E-state index contributed by atoms with van der Waals surface area (Å²) < 4.78 is 58.4. The van der Waals surface area contributed by atoms with Crippen LogP contribution in [-0.4, -0.2) is 84.9 Å². The Bertz CT molecular complexity index is 1820. The lowest BCUT2D eigenvalue weighted by atomic mass is 9.88. The average Bonchev–Trinajstić information content (AvgIpc) is 4.01. The molecule has 0 radical (unpaired) electrons. The van der Waals surface area contributed by atoms with E-state index in [-0.39, 0.29) is 50.5 Å². The van der Waals surface area contributed by atoms with Crippen molar-refractivity contribution in [2.24, 2.45) is 17.8 Å². The van der Waals surface area contributed by atoms with E-state index in [4.69, 9.17) is 14.2 Å². The van der Waals surface area contributed by atoms with Crippen LogP contribution in [0.5, 0.6) is 17.4 Å². The van der Waals surface area contributed by atoms with Crippen LogP contribution >= 0.6 is 0 Å². The molecule has 2 N–H and O–H groups in total. The van der Waals surface area contributed by atoms with Crippen molar-refractivity contribution in [3.8, 4) is 17.4 Å². The Hall–Kier alpha value is -3.94. The number of fused-ring (bicyclic) bond motifs is 5. The van der Waals surface area contributed by atoms with Gasteiger partial charge in [-0.05, 0) is 68.6 Å². The van der Waals surface area contributed by atoms with E-state index in [9.17, 15) is 27.2 Å². The van der Waals surface area contributed by atoms with E-state index < -0.39 is 56.9 Å². The van der Waals surface area contributed by atoms with Gasteiger partial charge in [0.15, 0.2) is 11.5 Å². The number of halogens is 1. The lowest BCUT2D eigenvalue weighted by molar-refractivity contribution is -0.140. The maximum absolute atomic E-state index is 14.2. The lowest BCUT2D eigenvalue weighted by Crippen LogP contribution is -2.57. The van der Waals surface area contributed by atoms with Crippen LogP contribution in [0.15, 0.2) is 36.5 Å². The van der Waals surface area contributed by atoms with Gasteiger partial charge in [0.1, 0.15) is 42.3 Å². The second-order valence-electron chi connectivity index (χ2n) is 14.7. The van der Waals surface area contributed by atoms with Crippen molar-refractivity contribution in [3.05, 3.63) is 36.5 Å². The maximum atomic E-state index is 14.2. The van der Waals surface area contributed by atoms with Gasteiger partial charge >= 0.3 is 0 Å². The smallest absolute Gasteiger partial charge is 0.259 e. The van der Waals surface area contributed by atoms with E-state index in [2.05, 4.69) is 28.9 Å². The highest BCUT2D eigenvalue weighted by Gasteiger charge is 2.64. The Morgan fingerprint density at radius 3 is 2.72 bits per heavy atom. The van der Waals surface area contributed by atoms with Crippen molar-refractivity contribution in [2.75, 3.05) is 26.4 Å². The predicted octanol–water partition coefficient (Wildman–Crippen LogP) is 3.97. The molecule has 6 atom stereocenters. The van der Waals surface area contributed by atoms with Crippen LogP contribution in [0.3, 0.4) is 0 Å². The number of allylic oxidation sites excluding steroid dienone is 1. The summed E-state index contributed by atoms with van der Waals surface area (Å²) in [6.45, 7) is 4.13. The fourth-order valence-corrected chi connectivity index (χ4v) is 9.13. The fraction of sp³-hybridized carbons (Fsp3) is 0.611. The third kappa shape index (κ3) is 6.39. The zero-order valence-electron chi connectivity index (χ0n) is 28.5. The fourth-order valence-electron chi connectivity index (χ4n) is 7.70. The first-order chi connectivity index (χ1) is 24.0. The summed E-state index contributed by atoms with van der Waals surface area (Å²) in [5.41, 5.74) is -1.54. The van der Waals surface area contributed by atoms with Gasteiger partial charge in [-0.15, -0.1) is 0 Å². The monoisotopic (exact) mass is 712 g/mol. The maximum Gasteiger partial charge on any atom is 0.259 e. The summed E-state index contributed by atoms with van der Waals surface area (Å²) in [5, 5.41) is 4.33. The summed E-state index contributed by atoms with van der Waals surface area (Å²) in [6.07, 6.45) is 8.99. The second kappa shape index (κ2) is 13.3.